The van der Waals surface area contributed by atoms with Crippen LogP contribution in [0, 0.1) is 0 Å². The zero-order chi connectivity index (χ0) is 41.1. The second-order valence-electron chi connectivity index (χ2n) is 14.8. The standard InChI is InChI=1S/C22H31N5O2.C21H29N5O2/c1-23(2)17-24(3)22(29)25(4)18-5-7-19(8-6-18)26-13-15-27(16-14-26)20-9-11-21(28)12-10-20;1-22-16-23(2)21(28)24(3)17-4-6-18(7-5-17)25-12-14-26(15-13-25)19-8-10-20(27)11-9-19/h5-12,28H,13-17H2,1-4H3;4-11,22,27H,12-16H2,1-3H3. The maximum Gasteiger partial charge on any atom is 0.324 e. The Kier molecular flexibility index (Phi) is 14.7. The van der Waals surface area contributed by atoms with Crippen molar-refractivity contribution in [1.29, 1.82) is 0 Å². The van der Waals surface area contributed by atoms with Gasteiger partial charge in [0.2, 0.25) is 0 Å². The van der Waals surface area contributed by atoms with Gasteiger partial charge in [0.05, 0.1) is 13.3 Å². The normalized spacial score (nSPS) is 14.2. The van der Waals surface area contributed by atoms with Crippen LogP contribution < -0.4 is 34.7 Å². The number of amides is 4. The number of nitrogens with zero attached hydrogens (tertiary/aromatic N) is 9. The Labute approximate surface area is 338 Å². The smallest absolute Gasteiger partial charge is 0.324 e. The number of phenols is 2. The minimum Gasteiger partial charge on any atom is -0.508 e. The molecule has 2 fully saturated rings. The first-order valence-corrected chi connectivity index (χ1v) is 19.4. The van der Waals surface area contributed by atoms with E-state index in [1.165, 1.54) is 11.4 Å². The highest BCUT2D eigenvalue weighted by atomic mass is 16.3. The summed E-state index contributed by atoms with van der Waals surface area (Å²) in [6, 6.07) is 31.0. The number of rotatable bonds is 10. The molecule has 14 nitrogen and oxygen atoms in total. The summed E-state index contributed by atoms with van der Waals surface area (Å²) < 4.78 is 0. The number of phenolic OH excluding ortho intramolecular Hbond substituents is 2. The number of urea groups is 2. The Morgan fingerprint density at radius 2 is 0.772 bits per heavy atom. The van der Waals surface area contributed by atoms with Crippen molar-refractivity contribution >= 4 is 46.2 Å². The largest absolute Gasteiger partial charge is 0.508 e. The minimum atomic E-state index is -0.0513. The fourth-order valence-corrected chi connectivity index (χ4v) is 7.07. The fraction of sp³-hybridized carbons (Fsp3) is 0.395. The number of nitrogens with one attached hydrogen (secondary N) is 1. The van der Waals surface area contributed by atoms with Crippen molar-refractivity contribution in [1.82, 2.24) is 20.0 Å². The molecular formula is C43H60N10O4. The van der Waals surface area contributed by atoms with Gasteiger partial charge >= 0.3 is 12.1 Å². The molecule has 306 valence electrons. The van der Waals surface area contributed by atoms with Crippen LogP contribution in [-0.2, 0) is 0 Å². The molecule has 0 aliphatic carbocycles. The summed E-state index contributed by atoms with van der Waals surface area (Å²) in [6.07, 6.45) is 0. The molecule has 0 bridgehead atoms. The molecule has 0 radical (unpaired) electrons. The quantitative estimate of drug-likeness (QED) is 0.188. The first kappa shape index (κ1) is 42.3. The first-order valence-electron chi connectivity index (χ1n) is 19.4. The van der Waals surface area contributed by atoms with Gasteiger partial charge in [0.25, 0.3) is 0 Å². The van der Waals surface area contributed by atoms with Crippen LogP contribution in [0.1, 0.15) is 0 Å². The third-order valence-corrected chi connectivity index (χ3v) is 10.3. The topological polar surface area (TPSA) is 116 Å². The zero-order valence-corrected chi connectivity index (χ0v) is 34.5. The predicted octanol–water partition coefficient (Wildman–Crippen LogP) is 5.11. The van der Waals surface area contributed by atoms with Gasteiger partial charge < -0.3 is 44.9 Å². The molecule has 4 amide bonds. The number of hydrogen-bond donors (Lipinski definition) is 3. The summed E-state index contributed by atoms with van der Waals surface area (Å²) in [5.41, 5.74) is 6.37. The van der Waals surface area contributed by atoms with Gasteiger partial charge in [0, 0.05) is 115 Å². The third kappa shape index (κ3) is 11.4. The van der Waals surface area contributed by atoms with Crippen LogP contribution in [0.3, 0.4) is 0 Å². The lowest BCUT2D eigenvalue weighted by atomic mass is 10.2. The van der Waals surface area contributed by atoms with Crippen LogP contribution in [0.5, 0.6) is 11.5 Å². The Balaban J connectivity index is 0.000000218. The number of benzene rings is 4. The summed E-state index contributed by atoms with van der Waals surface area (Å²) in [5, 5.41) is 21.9. The average molecular weight is 781 g/mol. The van der Waals surface area contributed by atoms with Crippen molar-refractivity contribution in [2.75, 3.05) is 144 Å². The van der Waals surface area contributed by atoms with E-state index in [1.807, 2.05) is 74.6 Å². The number of hydrogen-bond acceptors (Lipinski definition) is 10. The second kappa shape index (κ2) is 19.8. The number of carbonyl (C=O) groups is 2. The summed E-state index contributed by atoms with van der Waals surface area (Å²) in [6.45, 7) is 8.53. The molecule has 0 saturated carbocycles. The molecule has 4 aromatic carbocycles. The van der Waals surface area contributed by atoms with Crippen molar-refractivity contribution in [2.24, 2.45) is 0 Å². The highest BCUT2D eigenvalue weighted by molar-refractivity contribution is 5.92. The molecule has 14 heteroatoms. The van der Waals surface area contributed by atoms with Gasteiger partial charge in [0.1, 0.15) is 11.5 Å². The molecule has 2 heterocycles. The molecule has 2 saturated heterocycles. The Morgan fingerprint density at radius 3 is 1.05 bits per heavy atom. The van der Waals surface area contributed by atoms with Crippen LogP contribution in [0.4, 0.5) is 43.7 Å². The highest BCUT2D eigenvalue weighted by Crippen LogP contribution is 2.26. The fourth-order valence-electron chi connectivity index (χ4n) is 7.07. The molecule has 0 aromatic heterocycles. The molecule has 0 atom stereocenters. The minimum absolute atomic E-state index is 0.0334. The maximum atomic E-state index is 12.6. The summed E-state index contributed by atoms with van der Waals surface area (Å²) in [4.78, 5) is 42.9. The number of carbonyl (C=O) groups excluding carboxylic acids is 2. The molecule has 6 rings (SSSR count). The van der Waals surface area contributed by atoms with Crippen LogP contribution in [0.15, 0.2) is 97.1 Å². The van der Waals surface area contributed by atoms with E-state index in [-0.39, 0.29) is 12.1 Å². The highest BCUT2D eigenvalue weighted by Gasteiger charge is 2.21. The second-order valence-corrected chi connectivity index (χ2v) is 14.8. The van der Waals surface area contributed by atoms with Crippen LogP contribution in [0.25, 0.3) is 0 Å². The number of anilines is 6. The summed E-state index contributed by atoms with van der Waals surface area (Å²) in [7, 11) is 12.9. The van der Waals surface area contributed by atoms with Gasteiger partial charge in [-0.2, -0.15) is 0 Å². The predicted molar refractivity (Wildman–Crippen MR) is 234 cm³/mol. The monoisotopic (exact) mass is 780 g/mol. The van der Waals surface area contributed by atoms with E-state index < -0.39 is 0 Å². The Morgan fingerprint density at radius 1 is 0.491 bits per heavy atom. The van der Waals surface area contributed by atoms with E-state index in [4.69, 9.17) is 0 Å². The van der Waals surface area contributed by atoms with Crippen LogP contribution in [0.2, 0.25) is 0 Å². The van der Waals surface area contributed by atoms with E-state index in [2.05, 4.69) is 49.2 Å². The van der Waals surface area contributed by atoms with Gasteiger partial charge in [-0.1, -0.05) is 0 Å². The third-order valence-electron chi connectivity index (χ3n) is 10.3. The van der Waals surface area contributed by atoms with Crippen LogP contribution >= 0.6 is 0 Å². The van der Waals surface area contributed by atoms with Crippen molar-refractivity contribution in [3.8, 4) is 11.5 Å². The molecule has 4 aromatic rings. The van der Waals surface area contributed by atoms with E-state index in [0.717, 1.165) is 75.1 Å². The van der Waals surface area contributed by atoms with Gasteiger partial charge in [-0.3, -0.25) is 14.7 Å². The summed E-state index contributed by atoms with van der Waals surface area (Å²) >= 11 is 0. The van der Waals surface area contributed by atoms with Crippen molar-refractivity contribution in [3.05, 3.63) is 97.1 Å². The zero-order valence-electron chi connectivity index (χ0n) is 34.5. The number of aromatic hydroxyl groups is 2. The van der Waals surface area contributed by atoms with Gasteiger partial charge in [-0.05, 0) is 118 Å². The Hall–Kier alpha value is -5.86. The number of piperazine rings is 2. The van der Waals surface area contributed by atoms with Gasteiger partial charge in [0.15, 0.2) is 0 Å². The molecule has 57 heavy (non-hydrogen) atoms. The average Bonchev–Trinajstić information content (AvgIpc) is 3.23. The molecule has 2 aliphatic heterocycles. The first-order chi connectivity index (χ1) is 27.3. The van der Waals surface area contributed by atoms with Gasteiger partial charge in [-0.15, -0.1) is 0 Å². The van der Waals surface area contributed by atoms with Crippen molar-refractivity contribution in [2.45, 2.75) is 0 Å². The molecule has 0 unspecified atom stereocenters. The SMILES string of the molecule is CN(C)CN(C)C(=O)N(C)c1ccc(N2CCN(c3ccc(O)cc3)CC2)cc1.CNCN(C)C(=O)N(C)c1ccc(N2CCN(c3ccc(O)cc3)CC2)cc1. The molecule has 0 spiro atoms. The lowest BCUT2D eigenvalue weighted by Crippen LogP contribution is -2.46. The lowest BCUT2D eigenvalue weighted by molar-refractivity contribution is 0.189. The van der Waals surface area contributed by atoms with Gasteiger partial charge in [-0.25, -0.2) is 9.59 Å². The van der Waals surface area contributed by atoms with E-state index in [1.54, 1.807) is 72.1 Å². The molecule has 3 N–H and O–H groups in total. The maximum absolute atomic E-state index is 12.6. The molecule has 2 aliphatic rings. The Bertz CT molecular complexity index is 1840. The van der Waals surface area contributed by atoms with Crippen molar-refractivity contribution < 1.29 is 19.8 Å². The van der Waals surface area contributed by atoms with E-state index >= 15 is 0 Å². The van der Waals surface area contributed by atoms with E-state index in [9.17, 15) is 19.8 Å². The summed E-state index contributed by atoms with van der Waals surface area (Å²) in [5.74, 6) is 0.590. The van der Waals surface area contributed by atoms with E-state index in [0.29, 0.717) is 24.8 Å². The van der Waals surface area contributed by atoms with Crippen molar-refractivity contribution in [3.63, 3.8) is 0 Å². The van der Waals surface area contributed by atoms with Crippen LogP contribution in [-0.4, -0.2) is 152 Å². The lowest BCUT2D eigenvalue weighted by Gasteiger charge is -2.37. The molecular weight excluding hydrogens is 721 g/mol.